The zero-order valence-corrected chi connectivity index (χ0v) is 10.8. The summed E-state index contributed by atoms with van der Waals surface area (Å²) in [4.78, 5) is 22.5. The molecule has 0 rings (SSSR count). The highest BCUT2D eigenvalue weighted by molar-refractivity contribution is 5.78. The quantitative estimate of drug-likeness (QED) is 0.571. The van der Waals surface area contributed by atoms with Crippen molar-refractivity contribution in [1.82, 2.24) is 5.32 Å². The van der Waals surface area contributed by atoms with Gasteiger partial charge < -0.3 is 10.1 Å². The molecule has 0 saturated heterocycles. The number of carbonyl (C=O) groups excluding carboxylic acids is 2. The van der Waals surface area contributed by atoms with Crippen LogP contribution in [0.3, 0.4) is 0 Å². The molecule has 0 aliphatic heterocycles. The maximum absolute atomic E-state index is 11.2. The molecule has 0 aromatic carbocycles. The summed E-state index contributed by atoms with van der Waals surface area (Å²) in [5.41, 5.74) is -0.493. The Labute approximate surface area is 103 Å². The van der Waals surface area contributed by atoms with E-state index >= 15 is 0 Å². The van der Waals surface area contributed by atoms with E-state index in [2.05, 4.69) is 11.2 Å². The molecule has 4 nitrogen and oxygen atoms in total. The zero-order valence-electron chi connectivity index (χ0n) is 10.8. The zero-order chi connectivity index (χ0) is 13.3. The third-order valence-corrected chi connectivity index (χ3v) is 1.85. The van der Waals surface area contributed by atoms with Gasteiger partial charge in [-0.1, -0.05) is 0 Å². The standard InChI is InChI=1S/C13H21NO3/c1-5-6-8-11(15)9-7-10-14-12(16)17-13(2,3)4/h1H,6-10H2,2-4H3,(H,14,16). The van der Waals surface area contributed by atoms with Gasteiger partial charge in [0.15, 0.2) is 0 Å². The third-order valence-electron chi connectivity index (χ3n) is 1.85. The van der Waals surface area contributed by atoms with Crippen molar-refractivity contribution in [2.75, 3.05) is 6.54 Å². The number of ether oxygens (including phenoxy) is 1. The van der Waals surface area contributed by atoms with Crippen molar-refractivity contribution in [2.45, 2.75) is 52.1 Å². The van der Waals surface area contributed by atoms with Crippen LogP contribution in [0.2, 0.25) is 0 Å². The number of terminal acetylenes is 1. The summed E-state index contributed by atoms with van der Waals surface area (Å²) < 4.78 is 5.05. The number of Topliss-reactive ketones (excluding diaryl/α,β-unsaturated/α-hetero) is 1. The fraction of sp³-hybridized carbons (Fsp3) is 0.692. The van der Waals surface area contributed by atoms with Gasteiger partial charge in [0.05, 0.1) is 0 Å². The van der Waals surface area contributed by atoms with Crippen molar-refractivity contribution in [3.8, 4) is 12.3 Å². The molecule has 0 saturated carbocycles. The molecule has 1 amide bonds. The molecule has 1 N–H and O–H groups in total. The molecular formula is C13H21NO3. The van der Waals surface area contributed by atoms with Gasteiger partial charge in [-0.25, -0.2) is 4.79 Å². The molecule has 0 heterocycles. The fourth-order valence-corrected chi connectivity index (χ4v) is 1.13. The van der Waals surface area contributed by atoms with E-state index in [9.17, 15) is 9.59 Å². The summed E-state index contributed by atoms with van der Waals surface area (Å²) in [5, 5.41) is 2.60. The van der Waals surface area contributed by atoms with Crippen molar-refractivity contribution in [3.05, 3.63) is 0 Å². The van der Waals surface area contributed by atoms with Crippen molar-refractivity contribution in [3.63, 3.8) is 0 Å². The van der Waals surface area contributed by atoms with E-state index < -0.39 is 11.7 Å². The summed E-state index contributed by atoms with van der Waals surface area (Å²) in [6, 6.07) is 0. The van der Waals surface area contributed by atoms with Gasteiger partial charge in [0, 0.05) is 25.8 Å². The van der Waals surface area contributed by atoms with Gasteiger partial charge >= 0.3 is 6.09 Å². The minimum Gasteiger partial charge on any atom is -0.444 e. The normalized spacial score (nSPS) is 10.5. The Kier molecular flexibility index (Phi) is 7.04. The maximum Gasteiger partial charge on any atom is 0.407 e. The Morgan fingerprint density at radius 2 is 1.94 bits per heavy atom. The number of amides is 1. The maximum atomic E-state index is 11.2. The van der Waals surface area contributed by atoms with Crippen molar-refractivity contribution < 1.29 is 14.3 Å². The summed E-state index contributed by atoms with van der Waals surface area (Å²) in [7, 11) is 0. The van der Waals surface area contributed by atoms with Gasteiger partial charge in [-0.3, -0.25) is 4.79 Å². The van der Waals surface area contributed by atoms with Crippen molar-refractivity contribution in [1.29, 1.82) is 0 Å². The number of carbonyl (C=O) groups is 2. The van der Waals surface area contributed by atoms with E-state index in [1.165, 1.54) is 0 Å². The lowest BCUT2D eigenvalue weighted by atomic mass is 10.1. The molecule has 0 aliphatic carbocycles. The van der Waals surface area contributed by atoms with Crippen LogP contribution in [0.1, 0.15) is 46.5 Å². The second-order valence-corrected chi connectivity index (χ2v) is 4.78. The Bertz CT molecular complexity index is 297. The Balaban J connectivity index is 3.55. The first kappa shape index (κ1) is 15.5. The summed E-state index contributed by atoms with van der Waals surface area (Å²) in [6.45, 7) is 5.85. The first-order valence-corrected chi connectivity index (χ1v) is 5.77. The molecular weight excluding hydrogens is 218 g/mol. The number of alkyl carbamates (subject to hydrolysis) is 1. The average Bonchev–Trinajstić information content (AvgIpc) is 2.19. The largest absolute Gasteiger partial charge is 0.444 e. The lowest BCUT2D eigenvalue weighted by molar-refractivity contribution is -0.119. The SMILES string of the molecule is C#CCCC(=O)CCCNC(=O)OC(C)(C)C. The van der Waals surface area contributed by atoms with Crippen LogP contribution in [0.25, 0.3) is 0 Å². The molecule has 0 atom stereocenters. The van der Waals surface area contributed by atoms with E-state index in [0.29, 0.717) is 32.2 Å². The monoisotopic (exact) mass is 239 g/mol. The molecule has 0 spiro atoms. The Morgan fingerprint density at radius 3 is 2.47 bits per heavy atom. The summed E-state index contributed by atoms with van der Waals surface area (Å²) >= 11 is 0. The van der Waals surface area contributed by atoms with E-state index in [0.717, 1.165) is 0 Å². The van der Waals surface area contributed by atoms with E-state index in [-0.39, 0.29) is 5.78 Å². The van der Waals surface area contributed by atoms with Crippen LogP contribution in [0, 0.1) is 12.3 Å². The minimum absolute atomic E-state index is 0.133. The van der Waals surface area contributed by atoms with Gasteiger partial charge in [0.2, 0.25) is 0 Å². The van der Waals surface area contributed by atoms with Crippen molar-refractivity contribution >= 4 is 11.9 Å². The topological polar surface area (TPSA) is 55.4 Å². The molecule has 0 aliphatic rings. The van der Waals surface area contributed by atoms with Crippen LogP contribution in [0.4, 0.5) is 4.79 Å². The van der Waals surface area contributed by atoms with Crippen LogP contribution in [-0.4, -0.2) is 24.0 Å². The lowest BCUT2D eigenvalue weighted by Gasteiger charge is -2.19. The molecule has 4 heteroatoms. The average molecular weight is 239 g/mol. The smallest absolute Gasteiger partial charge is 0.407 e. The Hall–Kier alpha value is -1.50. The molecule has 0 aromatic rings. The second kappa shape index (κ2) is 7.72. The first-order chi connectivity index (χ1) is 7.85. The second-order valence-electron chi connectivity index (χ2n) is 4.78. The minimum atomic E-state index is -0.493. The predicted molar refractivity (Wildman–Crippen MR) is 66.5 cm³/mol. The summed E-state index contributed by atoms with van der Waals surface area (Å²) in [6.07, 6.45) is 6.56. The number of ketones is 1. The van der Waals surface area contributed by atoms with Crippen LogP contribution in [-0.2, 0) is 9.53 Å². The highest BCUT2D eigenvalue weighted by Crippen LogP contribution is 2.06. The van der Waals surface area contributed by atoms with Gasteiger partial charge in [0.25, 0.3) is 0 Å². The summed E-state index contributed by atoms with van der Waals surface area (Å²) in [5.74, 6) is 2.56. The van der Waals surface area contributed by atoms with E-state index in [1.807, 2.05) is 0 Å². The highest BCUT2D eigenvalue weighted by Gasteiger charge is 2.15. The number of hydrogen-bond donors (Lipinski definition) is 1. The molecule has 96 valence electrons. The molecule has 0 aromatic heterocycles. The van der Waals surface area contributed by atoms with Crippen LogP contribution < -0.4 is 5.32 Å². The van der Waals surface area contributed by atoms with Gasteiger partial charge in [-0.05, 0) is 27.2 Å². The van der Waals surface area contributed by atoms with E-state index in [1.54, 1.807) is 20.8 Å². The van der Waals surface area contributed by atoms with Gasteiger partial charge in [-0.15, -0.1) is 12.3 Å². The van der Waals surface area contributed by atoms with Crippen molar-refractivity contribution in [2.24, 2.45) is 0 Å². The van der Waals surface area contributed by atoms with Crippen LogP contribution >= 0.6 is 0 Å². The molecule has 0 bridgehead atoms. The lowest BCUT2D eigenvalue weighted by Crippen LogP contribution is -2.33. The molecule has 0 fully saturated rings. The molecule has 17 heavy (non-hydrogen) atoms. The molecule has 0 unspecified atom stereocenters. The van der Waals surface area contributed by atoms with Gasteiger partial charge in [0.1, 0.15) is 11.4 Å². The number of hydrogen-bond acceptors (Lipinski definition) is 3. The van der Waals surface area contributed by atoms with Crippen LogP contribution in [0.5, 0.6) is 0 Å². The fourth-order valence-electron chi connectivity index (χ4n) is 1.13. The predicted octanol–water partition coefficient (Wildman–Crippen LogP) is 2.27. The third kappa shape index (κ3) is 10.8. The van der Waals surface area contributed by atoms with Gasteiger partial charge in [-0.2, -0.15) is 0 Å². The Morgan fingerprint density at radius 1 is 1.29 bits per heavy atom. The number of rotatable bonds is 6. The first-order valence-electron chi connectivity index (χ1n) is 5.77. The van der Waals surface area contributed by atoms with E-state index in [4.69, 9.17) is 11.2 Å². The highest BCUT2D eigenvalue weighted by atomic mass is 16.6. The number of nitrogens with one attached hydrogen (secondary N) is 1. The molecule has 0 radical (unpaired) electrons. The van der Waals surface area contributed by atoms with Crippen LogP contribution in [0.15, 0.2) is 0 Å².